The monoisotopic (exact) mass is 273 g/mol. The summed E-state index contributed by atoms with van der Waals surface area (Å²) in [4.78, 5) is 24.9. The molecule has 0 radical (unpaired) electrons. The van der Waals surface area contributed by atoms with Crippen molar-refractivity contribution >= 4 is 11.6 Å². The number of anilines is 1. The summed E-state index contributed by atoms with van der Waals surface area (Å²) in [5, 5.41) is 5.98. The van der Waals surface area contributed by atoms with Gasteiger partial charge in [-0.15, -0.1) is 0 Å². The van der Waals surface area contributed by atoms with E-state index in [1.807, 2.05) is 0 Å². The number of aromatic nitrogens is 2. The Morgan fingerprint density at radius 2 is 2.15 bits per heavy atom. The fourth-order valence-corrected chi connectivity index (χ4v) is 2.38. The third kappa shape index (κ3) is 2.20. The summed E-state index contributed by atoms with van der Waals surface area (Å²) in [6, 6.07) is 7.04. The largest absolute Gasteiger partial charge is 0.307 e. The third-order valence-corrected chi connectivity index (χ3v) is 3.30. The lowest BCUT2D eigenvalue weighted by Crippen LogP contribution is -2.36. The number of H-pyrrole nitrogens is 1. The minimum atomic E-state index is -0.359. The molecular formula is C14H12FN3O2. The summed E-state index contributed by atoms with van der Waals surface area (Å²) >= 11 is 0. The van der Waals surface area contributed by atoms with Crippen LogP contribution in [0, 0.1) is 5.82 Å². The summed E-state index contributed by atoms with van der Waals surface area (Å²) in [6.07, 6.45) is 1.52. The quantitative estimate of drug-likeness (QED) is 0.856. The van der Waals surface area contributed by atoms with Gasteiger partial charge in [0.2, 0.25) is 0 Å². The van der Waals surface area contributed by atoms with Gasteiger partial charge in [-0.2, -0.15) is 5.10 Å². The van der Waals surface area contributed by atoms with E-state index in [1.165, 1.54) is 24.3 Å². The van der Waals surface area contributed by atoms with Crippen LogP contribution in [-0.4, -0.2) is 22.6 Å². The van der Waals surface area contributed by atoms with Gasteiger partial charge in [0.05, 0.1) is 0 Å². The van der Waals surface area contributed by atoms with Crippen LogP contribution in [0.3, 0.4) is 0 Å². The predicted octanol–water partition coefficient (Wildman–Crippen LogP) is 1.50. The molecule has 20 heavy (non-hydrogen) atoms. The molecule has 0 unspecified atom stereocenters. The van der Waals surface area contributed by atoms with Gasteiger partial charge in [-0.25, -0.2) is 9.49 Å². The van der Waals surface area contributed by atoms with Gasteiger partial charge in [0, 0.05) is 18.3 Å². The van der Waals surface area contributed by atoms with Gasteiger partial charge < -0.3 is 4.90 Å². The van der Waals surface area contributed by atoms with E-state index < -0.39 is 0 Å². The number of halogens is 1. The Morgan fingerprint density at radius 1 is 1.30 bits per heavy atom. The maximum Gasteiger partial charge on any atom is 0.278 e. The van der Waals surface area contributed by atoms with Crippen LogP contribution in [0.2, 0.25) is 0 Å². The number of benzene rings is 1. The van der Waals surface area contributed by atoms with Gasteiger partial charge in [0.25, 0.3) is 11.5 Å². The average molecular weight is 273 g/mol. The van der Waals surface area contributed by atoms with Crippen LogP contribution in [0.1, 0.15) is 22.5 Å². The van der Waals surface area contributed by atoms with Crippen LogP contribution < -0.4 is 10.5 Å². The zero-order valence-corrected chi connectivity index (χ0v) is 10.6. The Labute approximate surface area is 114 Å². The van der Waals surface area contributed by atoms with Gasteiger partial charge in [-0.1, -0.05) is 0 Å². The predicted molar refractivity (Wildman–Crippen MR) is 71.3 cm³/mol. The van der Waals surface area contributed by atoms with Gasteiger partial charge in [0.1, 0.15) is 11.5 Å². The molecule has 1 amide bonds. The van der Waals surface area contributed by atoms with Crippen molar-refractivity contribution in [2.24, 2.45) is 0 Å². The Bertz CT molecular complexity index is 706. The van der Waals surface area contributed by atoms with Crippen LogP contribution in [0.25, 0.3) is 0 Å². The molecule has 1 N–H and O–H groups in total. The van der Waals surface area contributed by atoms with E-state index in [4.69, 9.17) is 0 Å². The van der Waals surface area contributed by atoms with Crippen molar-refractivity contribution in [2.45, 2.75) is 12.8 Å². The molecule has 2 aromatic rings. The van der Waals surface area contributed by atoms with E-state index in [-0.39, 0.29) is 23.0 Å². The fourth-order valence-electron chi connectivity index (χ4n) is 2.38. The second kappa shape index (κ2) is 4.88. The highest BCUT2D eigenvalue weighted by Gasteiger charge is 2.24. The van der Waals surface area contributed by atoms with Crippen molar-refractivity contribution < 1.29 is 9.18 Å². The van der Waals surface area contributed by atoms with Gasteiger partial charge >= 0.3 is 0 Å². The number of nitrogens with zero attached hydrogens (tertiary/aromatic N) is 2. The summed E-state index contributed by atoms with van der Waals surface area (Å²) in [6.45, 7) is 0.554. The van der Waals surface area contributed by atoms with E-state index in [0.717, 1.165) is 18.4 Å². The van der Waals surface area contributed by atoms with Crippen molar-refractivity contribution in [1.82, 2.24) is 10.2 Å². The first kappa shape index (κ1) is 12.5. The second-order valence-corrected chi connectivity index (χ2v) is 4.64. The first-order valence-corrected chi connectivity index (χ1v) is 6.31. The van der Waals surface area contributed by atoms with Gasteiger partial charge in [0.15, 0.2) is 0 Å². The zero-order valence-electron chi connectivity index (χ0n) is 10.6. The summed E-state index contributed by atoms with van der Waals surface area (Å²) in [5.74, 6) is -0.603. The first-order valence-electron chi connectivity index (χ1n) is 6.31. The molecule has 0 atom stereocenters. The van der Waals surface area contributed by atoms with Crippen LogP contribution in [0.5, 0.6) is 0 Å². The molecule has 0 saturated carbocycles. The summed E-state index contributed by atoms with van der Waals surface area (Å²) < 4.78 is 13.2. The standard InChI is InChI=1S/C14H12FN3O2/c15-10-3-5-12-9(8-10)2-1-7-18(12)14(20)11-4-6-13(19)17-16-11/h3-6,8H,1-2,7H2,(H,17,19). The molecule has 5 nitrogen and oxygen atoms in total. The van der Waals surface area contributed by atoms with E-state index in [0.29, 0.717) is 12.2 Å². The highest BCUT2D eigenvalue weighted by molar-refractivity contribution is 6.05. The minimum Gasteiger partial charge on any atom is -0.307 e. The first-order chi connectivity index (χ1) is 9.65. The van der Waals surface area contributed by atoms with E-state index in [1.54, 1.807) is 11.0 Å². The van der Waals surface area contributed by atoms with Gasteiger partial charge in [-0.05, 0) is 42.7 Å². The molecule has 0 aliphatic carbocycles. The molecule has 1 aromatic carbocycles. The number of nitrogens with one attached hydrogen (secondary N) is 1. The summed E-state index contributed by atoms with van der Waals surface area (Å²) in [7, 11) is 0. The molecule has 2 heterocycles. The number of carbonyl (C=O) groups excluding carboxylic acids is 1. The Balaban J connectivity index is 1.98. The lowest BCUT2D eigenvalue weighted by molar-refractivity contribution is 0.0979. The summed E-state index contributed by atoms with van der Waals surface area (Å²) in [5.41, 5.74) is 1.33. The third-order valence-electron chi connectivity index (χ3n) is 3.30. The maximum atomic E-state index is 13.2. The Hall–Kier alpha value is -2.50. The molecule has 1 aliphatic heterocycles. The molecule has 6 heteroatoms. The van der Waals surface area contributed by atoms with Crippen LogP contribution in [0.15, 0.2) is 35.1 Å². The number of fused-ring (bicyclic) bond motifs is 1. The highest BCUT2D eigenvalue weighted by Crippen LogP contribution is 2.28. The zero-order chi connectivity index (χ0) is 14.1. The van der Waals surface area contributed by atoms with Crippen molar-refractivity contribution in [2.75, 3.05) is 11.4 Å². The molecular weight excluding hydrogens is 261 g/mol. The van der Waals surface area contributed by atoms with Crippen molar-refractivity contribution in [3.63, 3.8) is 0 Å². The number of carbonyl (C=O) groups is 1. The van der Waals surface area contributed by atoms with E-state index >= 15 is 0 Å². The molecule has 102 valence electrons. The average Bonchev–Trinajstić information content (AvgIpc) is 2.46. The van der Waals surface area contributed by atoms with Crippen LogP contribution in [-0.2, 0) is 6.42 Å². The Morgan fingerprint density at radius 3 is 2.90 bits per heavy atom. The van der Waals surface area contributed by atoms with E-state index in [2.05, 4.69) is 10.2 Å². The van der Waals surface area contributed by atoms with Gasteiger partial charge in [-0.3, -0.25) is 9.59 Å². The number of hydrogen-bond acceptors (Lipinski definition) is 3. The number of hydrogen-bond donors (Lipinski definition) is 1. The molecule has 1 aromatic heterocycles. The molecule has 1 aliphatic rings. The molecule has 0 fully saturated rings. The molecule has 0 bridgehead atoms. The maximum absolute atomic E-state index is 13.2. The SMILES string of the molecule is O=C(c1ccc(=O)[nH]n1)N1CCCc2cc(F)ccc21. The smallest absolute Gasteiger partial charge is 0.278 e. The normalized spacial score (nSPS) is 13.9. The number of amides is 1. The van der Waals surface area contributed by atoms with Crippen LogP contribution in [0.4, 0.5) is 10.1 Å². The highest BCUT2D eigenvalue weighted by atomic mass is 19.1. The van der Waals surface area contributed by atoms with Crippen molar-refractivity contribution in [3.8, 4) is 0 Å². The second-order valence-electron chi connectivity index (χ2n) is 4.64. The number of aromatic amines is 1. The number of aryl methyl sites for hydroxylation is 1. The van der Waals surface area contributed by atoms with Crippen molar-refractivity contribution in [1.29, 1.82) is 0 Å². The molecule has 0 saturated heterocycles. The lowest BCUT2D eigenvalue weighted by atomic mass is 10.0. The molecule has 3 rings (SSSR count). The van der Waals surface area contributed by atoms with E-state index in [9.17, 15) is 14.0 Å². The number of rotatable bonds is 1. The molecule has 0 spiro atoms. The minimum absolute atomic E-state index is 0.168. The van der Waals surface area contributed by atoms with Crippen LogP contribution >= 0.6 is 0 Å². The topological polar surface area (TPSA) is 66.1 Å². The fraction of sp³-hybridized carbons (Fsp3) is 0.214. The Kier molecular flexibility index (Phi) is 3.06. The van der Waals surface area contributed by atoms with Crippen molar-refractivity contribution in [3.05, 3.63) is 57.8 Å². The lowest BCUT2D eigenvalue weighted by Gasteiger charge is -2.29.